The van der Waals surface area contributed by atoms with Gasteiger partial charge in [0.1, 0.15) is 0 Å². The molecule has 25 heavy (non-hydrogen) atoms. The van der Waals surface area contributed by atoms with Gasteiger partial charge in [0.15, 0.2) is 0 Å². The first-order chi connectivity index (χ1) is 11.4. The third-order valence-electron chi connectivity index (χ3n) is 5.65. The molecule has 5 nitrogen and oxygen atoms in total. The lowest BCUT2D eigenvalue weighted by Crippen LogP contribution is -2.37. The molecule has 1 saturated heterocycles. The molecule has 1 aromatic carbocycles. The molecule has 1 heterocycles. The third-order valence-corrected chi connectivity index (χ3v) is 6.86. The number of carbonyl (C=O) groups excluding carboxylic acids is 1. The molecule has 2 aliphatic rings. The van der Waals surface area contributed by atoms with Crippen molar-refractivity contribution in [2.45, 2.75) is 46.1 Å². The molecule has 1 aliphatic heterocycles. The van der Waals surface area contributed by atoms with E-state index >= 15 is 0 Å². The summed E-state index contributed by atoms with van der Waals surface area (Å²) in [6.07, 6.45) is 4.44. The normalized spacial score (nSPS) is 28.0. The zero-order valence-electron chi connectivity index (χ0n) is 15.7. The summed E-state index contributed by atoms with van der Waals surface area (Å²) in [6, 6.07) is 7.16. The van der Waals surface area contributed by atoms with E-state index in [1.807, 2.05) is 4.90 Å². The van der Waals surface area contributed by atoms with E-state index in [1.165, 1.54) is 17.6 Å². The molecule has 1 aliphatic carbocycles. The molecule has 0 aromatic heterocycles. The molecule has 0 radical (unpaired) electrons. The molecule has 2 fully saturated rings. The summed E-state index contributed by atoms with van der Waals surface area (Å²) in [5, 5.41) is 0. The molecule has 138 valence electrons. The largest absolute Gasteiger partial charge is 0.335 e. The van der Waals surface area contributed by atoms with Gasteiger partial charge < -0.3 is 4.90 Å². The van der Waals surface area contributed by atoms with Crippen LogP contribution in [0.2, 0.25) is 0 Å². The fourth-order valence-corrected chi connectivity index (χ4v) is 5.37. The van der Waals surface area contributed by atoms with Gasteiger partial charge in [0.05, 0.1) is 11.9 Å². The molecule has 2 atom stereocenters. The van der Waals surface area contributed by atoms with E-state index in [2.05, 4.69) is 20.8 Å². The van der Waals surface area contributed by atoms with Crippen LogP contribution in [0.3, 0.4) is 0 Å². The zero-order chi connectivity index (χ0) is 18.6. The van der Waals surface area contributed by atoms with E-state index in [1.54, 1.807) is 24.3 Å². The van der Waals surface area contributed by atoms with Crippen molar-refractivity contribution in [3.63, 3.8) is 0 Å². The topological polar surface area (TPSA) is 57.7 Å². The average molecular weight is 365 g/mol. The summed E-state index contributed by atoms with van der Waals surface area (Å²) in [6.45, 7) is 7.69. The second kappa shape index (κ2) is 5.73. The highest BCUT2D eigenvalue weighted by Gasteiger charge is 2.50. The average Bonchev–Trinajstić information content (AvgIpc) is 2.74. The van der Waals surface area contributed by atoms with Gasteiger partial charge in [-0.25, -0.2) is 8.42 Å². The molecular weight excluding hydrogens is 336 g/mol. The van der Waals surface area contributed by atoms with E-state index in [0.29, 0.717) is 17.3 Å². The third kappa shape index (κ3) is 3.54. The number of likely N-dealkylation sites (tertiary alicyclic amines) is 1. The van der Waals surface area contributed by atoms with Crippen molar-refractivity contribution in [1.29, 1.82) is 0 Å². The molecule has 0 N–H and O–H groups in total. The van der Waals surface area contributed by atoms with Gasteiger partial charge in [0.2, 0.25) is 10.0 Å². The van der Waals surface area contributed by atoms with Crippen molar-refractivity contribution < 1.29 is 13.2 Å². The minimum absolute atomic E-state index is 0.0555. The van der Waals surface area contributed by atoms with Crippen LogP contribution in [-0.4, -0.2) is 45.1 Å². The summed E-state index contributed by atoms with van der Waals surface area (Å²) in [4.78, 5) is 15.0. The van der Waals surface area contributed by atoms with Crippen molar-refractivity contribution in [3.05, 3.63) is 29.8 Å². The Bertz CT molecular complexity index is 785. The Labute approximate surface area is 151 Å². The van der Waals surface area contributed by atoms with E-state index in [-0.39, 0.29) is 16.7 Å². The number of sulfonamides is 1. The number of nitrogens with zero attached hydrogens (tertiary/aromatic N) is 2. The molecule has 1 amide bonds. The molecule has 1 saturated carbocycles. The number of benzene rings is 1. The Morgan fingerprint density at radius 3 is 2.32 bits per heavy atom. The summed E-state index contributed by atoms with van der Waals surface area (Å²) >= 11 is 0. The monoisotopic (exact) mass is 364 g/mol. The van der Waals surface area contributed by atoms with Crippen molar-refractivity contribution in [2.24, 2.45) is 10.8 Å². The molecule has 0 spiro atoms. The summed E-state index contributed by atoms with van der Waals surface area (Å²) in [7, 11) is -1.79. The number of rotatable bonds is 3. The second-order valence-corrected chi connectivity index (χ2v) is 10.9. The SMILES string of the molecule is CN(c1ccc(C(=O)N2CC3(C)CC2CC(C)(C)C3)cc1)S(C)(=O)=O. The fourth-order valence-electron chi connectivity index (χ4n) is 4.87. The number of fused-ring (bicyclic) bond motifs is 2. The standard InChI is InChI=1S/C19H28N2O3S/c1-18(2)10-16-11-19(3,12-18)13-21(16)17(22)14-6-8-15(9-7-14)20(4)25(5,23)24/h6-9,16H,10-13H2,1-5H3. The van der Waals surface area contributed by atoms with Crippen LogP contribution in [-0.2, 0) is 10.0 Å². The maximum absolute atomic E-state index is 13.0. The van der Waals surface area contributed by atoms with Crippen LogP contribution < -0.4 is 4.31 Å². The van der Waals surface area contributed by atoms with E-state index < -0.39 is 10.0 Å². The van der Waals surface area contributed by atoms with Gasteiger partial charge in [-0.1, -0.05) is 20.8 Å². The lowest BCUT2D eigenvalue weighted by atomic mass is 9.65. The lowest BCUT2D eigenvalue weighted by Gasteiger charge is -2.39. The van der Waals surface area contributed by atoms with E-state index in [9.17, 15) is 13.2 Å². The fraction of sp³-hybridized carbons (Fsp3) is 0.632. The summed E-state index contributed by atoms with van der Waals surface area (Å²) in [5.74, 6) is 0.0555. The van der Waals surface area contributed by atoms with Crippen LogP contribution in [0.15, 0.2) is 24.3 Å². The predicted molar refractivity (Wildman–Crippen MR) is 100 cm³/mol. The summed E-state index contributed by atoms with van der Waals surface area (Å²) < 4.78 is 24.5. The smallest absolute Gasteiger partial charge is 0.254 e. The van der Waals surface area contributed by atoms with Crippen LogP contribution in [0.5, 0.6) is 0 Å². The summed E-state index contributed by atoms with van der Waals surface area (Å²) in [5.41, 5.74) is 1.67. The van der Waals surface area contributed by atoms with Gasteiger partial charge in [-0.15, -0.1) is 0 Å². The minimum Gasteiger partial charge on any atom is -0.335 e. The maximum atomic E-state index is 13.0. The Balaban J connectivity index is 1.80. The van der Waals surface area contributed by atoms with Gasteiger partial charge in [-0.05, 0) is 54.4 Å². The Morgan fingerprint density at radius 1 is 1.16 bits per heavy atom. The molecule has 3 rings (SSSR count). The molecule has 2 bridgehead atoms. The van der Waals surface area contributed by atoms with Crippen LogP contribution >= 0.6 is 0 Å². The minimum atomic E-state index is -3.30. The van der Waals surface area contributed by atoms with Gasteiger partial charge in [-0.3, -0.25) is 9.10 Å². The quantitative estimate of drug-likeness (QED) is 0.828. The van der Waals surface area contributed by atoms with Crippen molar-refractivity contribution >= 4 is 21.6 Å². The van der Waals surface area contributed by atoms with E-state index in [0.717, 1.165) is 25.8 Å². The maximum Gasteiger partial charge on any atom is 0.254 e. The van der Waals surface area contributed by atoms with E-state index in [4.69, 9.17) is 0 Å². The highest BCUT2D eigenvalue weighted by Crippen LogP contribution is 2.52. The van der Waals surface area contributed by atoms with Crippen LogP contribution in [0.1, 0.15) is 50.4 Å². The Hall–Kier alpha value is -1.56. The van der Waals surface area contributed by atoms with Crippen LogP contribution in [0.4, 0.5) is 5.69 Å². The predicted octanol–water partition coefficient (Wildman–Crippen LogP) is 3.12. The lowest BCUT2D eigenvalue weighted by molar-refractivity contribution is 0.0708. The second-order valence-electron chi connectivity index (χ2n) is 8.92. The first-order valence-electron chi connectivity index (χ1n) is 8.75. The highest BCUT2D eigenvalue weighted by atomic mass is 32.2. The number of anilines is 1. The van der Waals surface area contributed by atoms with Crippen molar-refractivity contribution in [3.8, 4) is 0 Å². The molecule has 6 heteroatoms. The first-order valence-corrected chi connectivity index (χ1v) is 10.6. The van der Waals surface area contributed by atoms with Gasteiger partial charge in [0, 0.05) is 25.2 Å². The van der Waals surface area contributed by atoms with Gasteiger partial charge >= 0.3 is 0 Å². The molecule has 2 unspecified atom stereocenters. The molecule has 1 aromatic rings. The first kappa shape index (κ1) is 18.2. The van der Waals surface area contributed by atoms with Crippen LogP contribution in [0.25, 0.3) is 0 Å². The number of amides is 1. The van der Waals surface area contributed by atoms with Crippen molar-refractivity contribution in [1.82, 2.24) is 4.90 Å². The Kier molecular flexibility index (Phi) is 4.18. The van der Waals surface area contributed by atoms with Crippen molar-refractivity contribution in [2.75, 3.05) is 24.2 Å². The zero-order valence-corrected chi connectivity index (χ0v) is 16.6. The number of carbonyl (C=O) groups is 1. The number of hydrogen-bond donors (Lipinski definition) is 0. The van der Waals surface area contributed by atoms with Gasteiger partial charge in [0.25, 0.3) is 5.91 Å². The van der Waals surface area contributed by atoms with Crippen LogP contribution in [0, 0.1) is 10.8 Å². The van der Waals surface area contributed by atoms with Gasteiger partial charge in [-0.2, -0.15) is 0 Å². The molecular formula is C19H28N2O3S. The number of hydrogen-bond acceptors (Lipinski definition) is 3. The Morgan fingerprint density at radius 2 is 1.76 bits per heavy atom. The highest BCUT2D eigenvalue weighted by molar-refractivity contribution is 7.92.